The van der Waals surface area contributed by atoms with Gasteiger partial charge in [-0.25, -0.2) is 0 Å². The first-order chi connectivity index (χ1) is 2.50. The van der Waals surface area contributed by atoms with E-state index in [0.717, 1.165) is 0 Å². The molecule has 0 bridgehead atoms. The van der Waals surface area contributed by atoms with Crippen LogP contribution in [0.25, 0.3) is 0 Å². The molecule has 0 aromatic heterocycles. The van der Waals surface area contributed by atoms with Crippen molar-refractivity contribution in [1.82, 2.24) is 0 Å². The molecule has 0 saturated heterocycles. The van der Waals surface area contributed by atoms with Gasteiger partial charge in [0.05, 0.1) is 1.12 Å². The quantitative estimate of drug-likeness (QED) is 0.321. The van der Waals surface area contributed by atoms with E-state index >= 15 is 0 Å². The fourth-order valence-electron chi connectivity index (χ4n) is 0. The van der Waals surface area contributed by atoms with Gasteiger partial charge >= 0.3 is 0 Å². The monoisotopic (exact) mass is 787 g/mol. The summed E-state index contributed by atoms with van der Waals surface area (Å²) in [5.41, 5.74) is 0. The summed E-state index contributed by atoms with van der Waals surface area (Å²) < 4.78 is 5.44. The van der Waals surface area contributed by atoms with E-state index in [1.54, 1.807) is 0 Å². The molecule has 0 atom stereocenters. The van der Waals surface area contributed by atoms with Crippen LogP contribution in [-0.4, -0.2) is 38.9 Å². The van der Waals surface area contributed by atoms with Crippen molar-refractivity contribution in [2.24, 2.45) is 0 Å². The van der Waals surface area contributed by atoms with Crippen molar-refractivity contribution in [3.8, 4) is 0 Å². The number of hydrogen-bond donors (Lipinski definition) is 0. The molecule has 1 fully saturated rings. The molecular formula is C3H8CaCo3Dy3S. The van der Waals surface area contributed by atoms with Crippen LogP contribution in [0.2, 0.25) is 0 Å². The van der Waals surface area contributed by atoms with Crippen molar-refractivity contribution >= 4 is 51.1 Å². The van der Waals surface area contributed by atoms with Gasteiger partial charge in [0.15, 0.2) is 0 Å². The first-order valence-electron chi connectivity index (χ1n) is 1.95. The molecule has 0 spiro atoms. The smallest absolute Gasteiger partial charge is 0.0985 e. The maximum atomic E-state index is 5.44. The predicted octanol–water partition coefficient (Wildman–Crippen LogP) is 0.895. The van der Waals surface area contributed by atoms with Crippen LogP contribution >= 0.6 is 13.4 Å². The van der Waals surface area contributed by atoms with E-state index in [-0.39, 0.29) is 203 Å². The van der Waals surface area contributed by atoms with Crippen LogP contribution in [0.1, 0.15) is 19.3 Å². The Morgan fingerprint density at radius 3 is 0.818 bits per heavy atom. The summed E-state index contributed by atoms with van der Waals surface area (Å²) >= 11 is 2.78. The second-order valence-electron chi connectivity index (χ2n) is 1.06. The Balaban J connectivity index is -0.00000000289. The van der Waals surface area contributed by atoms with E-state index in [1.807, 2.05) is 0 Å². The molecule has 11 heavy (non-hydrogen) atoms. The Morgan fingerprint density at radius 2 is 0.818 bits per heavy atom. The molecule has 0 heterocycles. The van der Waals surface area contributed by atoms with Gasteiger partial charge in [-0.05, 0) is 0 Å². The van der Waals surface area contributed by atoms with Crippen LogP contribution in [0.15, 0.2) is 0 Å². The summed E-state index contributed by atoms with van der Waals surface area (Å²) in [6.07, 6.45) is 4.50. The zero-order valence-electron chi connectivity index (χ0n) is 6.22. The predicted molar refractivity (Wildman–Crippen MR) is 30.0 cm³/mol. The molecule has 0 nitrogen and oxygen atoms in total. The zero-order chi connectivity index (χ0) is 4.12. The maximum Gasteiger partial charge on any atom is 0.0985 e. The molecule has 0 aromatic carbocycles. The minimum absolute atomic E-state index is 0. The Labute approximate surface area is 229 Å². The summed E-state index contributed by atoms with van der Waals surface area (Å²) in [6.45, 7) is 0. The van der Waals surface area contributed by atoms with E-state index in [0.29, 0.717) is 0 Å². The van der Waals surface area contributed by atoms with Crippen molar-refractivity contribution < 1.29 is 165 Å². The van der Waals surface area contributed by atoms with Gasteiger partial charge in [-0.15, -0.1) is 0 Å². The Bertz CT molecular complexity index is 33.5. The van der Waals surface area contributed by atoms with Crippen LogP contribution < -0.4 is 0 Å². The first kappa shape index (κ1) is 43.0. The molecule has 1 aliphatic rings. The summed E-state index contributed by atoms with van der Waals surface area (Å²) in [7, 11) is 0. The van der Waals surface area contributed by atoms with Crippen LogP contribution in [-0.2, 0) is 50.3 Å². The summed E-state index contributed by atoms with van der Waals surface area (Å²) in [6, 6.07) is 0. The fourth-order valence-corrected chi connectivity index (χ4v) is 0. The summed E-state index contributed by atoms with van der Waals surface area (Å²) in [5, 5.41) is 0. The third-order valence-electron chi connectivity index (χ3n) is 0.354. The van der Waals surface area contributed by atoms with Gasteiger partial charge in [-0.1, -0.05) is 19.3 Å². The Morgan fingerprint density at radius 1 is 0.727 bits per heavy atom. The molecular weight excluding hydrogens is 772 g/mol. The van der Waals surface area contributed by atoms with Gasteiger partial charge in [0.1, 0.15) is 0 Å². The molecule has 1 saturated carbocycles. The van der Waals surface area contributed by atoms with Crippen LogP contribution in [0.3, 0.4) is 0 Å². The molecule has 8 heteroatoms. The normalized spacial score (nSPS) is 7.18. The zero-order valence-corrected chi connectivity index (χ0v) is 17.5. The van der Waals surface area contributed by atoms with E-state index in [2.05, 4.69) is 13.4 Å². The average Bonchev–Trinajstić information content (AvgIpc) is 2.19. The van der Waals surface area contributed by atoms with E-state index < -0.39 is 0 Å². The second kappa shape index (κ2) is 43.6. The van der Waals surface area contributed by atoms with Crippen molar-refractivity contribution in [2.45, 2.75) is 19.3 Å². The topological polar surface area (TPSA) is 0 Å². The van der Waals surface area contributed by atoms with Crippen LogP contribution in [0.4, 0.5) is 0 Å². The van der Waals surface area contributed by atoms with Gasteiger partial charge in [-0.2, -0.15) is 13.4 Å². The molecule has 0 N–H and O–H groups in total. The van der Waals surface area contributed by atoms with Crippen molar-refractivity contribution in [3.63, 3.8) is 0 Å². The van der Waals surface area contributed by atoms with Gasteiger partial charge in [0.25, 0.3) is 0 Å². The SMILES string of the molecule is C1CC1.[3H]S.[Ca].[Co].[Co].[Co].[Dy].[Dy].[Dy]. The molecule has 5 radical (unpaired) electrons. The Hall–Kier alpha value is 6.95. The third-order valence-corrected chi connectivity index (χ3v) is 0.354. The van der Waals surface area contributed by atoms with Crippen LogP contribution in [0.5, 0.6) is 0 Å². The van der Waals surface area contributed by atoms with Crippen LogP contribution in [0, 0.1) is 115 Å². The molecule has 0 aliphatic heterocycles. The fraction of sp³-hybridized carbons (Fsp3) is 1.00. The number of rotatable bonds is 0. The van der Waals surface area contributed by atoms with E-state index in [9.17, 15) is 0 Å². The van der Waals surface area contributed by atoms with Crippen molar-refractivity contribution in [1.29, 1.82) is 1.12 Å². The number of hydrogen-bond acceptors (Lipinski definition) is 0. The molecule has 0 amide bonds. The third kappa shape index (κ3) is 59.9. The minimum atomic E-state index is 0. The second-order valence-corrected chi connectivity index (χ2v) is 1.06. The minimum Gasteiger partial charge on any atom is -0.197 e. The van der Waals surface area contributed by atoms with Gasteiger partial charge in [0, 0.05) is 203 Å². The van der Waals surface area contributed by atoms with Crippen molar-refractivity contribution in [3.05, 3.63) is 0 Å². The Kier molecular flexibility index (Phi) is 170. The summed E-state index contributed by atoms with van der Waals surface area (Å²) in [5.74, 6) is 0. The van der Waals surface area contributed by atoms with E-state index in [4.69, 9.17) is 1.12 Å². The van der Waals surface area contributed by atoms with Gasteiger partial charge in [-0.3, -0.25) is 0 Å². The largest absolute Gasteiger partial charge is 0.197 e. The average molecular weight is 783 g/mol. The molecule has 0 unspecified atom stereocenters. The van der Waals surface area contributed by atoms with Gasteiger partial charge < -0.3 is 0 Å². The van der Waals surface area contributed by atoms with Gasteiger partial charge in [0.2, 0.25) is 0 Å². The molecule has 1 rings (SSSR count). The van der Waals surface area contributed by atoms with Crippen molar-refractivity contribution in [2.75, 3.05) is 0 Å². The molecule has 0 aromatic rings. The first-order valence-corrected chi connectivity index (χ1v) is 1.50. The maximum absolute atomic E-state index is 5.44. The standard InChI is InChI=1S/C3H6.Ca.3Co.3Dy.H2S/c1-2-3-1;;;;;;;;/h1-3H2;;;;;;;;1H2/i/hT. The molecule has 1 aliphatic carbocycles. The summed E-state index contributed by atoms with van der Waals surface area (Å²) in [4.78, 5) is 0. The van der Waals surface area contributed by atoms with E-state index in [1.165, 1.54) is 19.3 Å². The molecule has 85 valence electrons.